The quantitative estimate of drug-likeness (QED) is 0.831. The Morgan fingerprint density at radius 3 is 2.57 bits per heavy atom. The van der Waals surface area contributed by atoms with Gasteiger partial charge in [-0.25, -0.2) is 0 Å². The number of fused-ring (bicyclic) bond motifs is 2. The van der Waals surface area contributed by atoms with E-state index in [-0.39, 0.29) is 0 Å². The van der Waals surface area contributed by atoms with Crippen molar-refractivity contribution in [2.45, 2.75) is 63.3 Å². The molecule has 2 atom stereocenters. The number of nitrogens with zero attached hydrogens (tertiary/aromatic N) is 1. The second-order valence-corrected chi connectivity index (χ2v) is 8.00. The van der Waals surface area contributed by atoms with Crippen LogP contribution in [0.2, 0.25) is 0 Å². The van der Waals surface area contributed by atoms with Crippen molar-refractivity contribution < 1.29 is 4.21 Å². The fraction of sp³-hybridized carbons (Fsp3) is 0.667. The lowest BCUT2D eigenvalue weighted by Gasteiger charge is -2.35. The standard InChI is InChI=1S/C18H27NOS/c1-3-8-19(9-4-2)17-6-5-14-11-15-7-10-21(20)18(15)13-16(14)12-17/h11,13,17H,3-10,12H2,1-2H3/t17-,21?/m0/s1. The smallest absolute Gasteiger partial charge is 0.0535 e. The highest BCUT2D eigenvalue weighted by molar-refractivity contribution is 7.85. The Bertz CT molecular complexity index is 534. The van der Waals surface area contributed by atoms with Crippen molar-refractivity contribution in [3.63, 3.8) is 0 Å². The number of benzene rings is 1. The van der Waals surface area contributed by atoms with Gasteiger partial charge in [-0.1, -0.05) is 19.9 Å². The Labute approximate surface area is 131 Å². The van der Waals surface area contributed by atoms with Crippen LogP contribution in [0.25, 0.3) is 0 Å². The van der Waals surface area contributed by atoms with Crippen molar-refractivity contribution >= 4 is 10.8 Å². The summed E-state index contributed by atoms with van der Waals surface area (Å²) in [6.45, 7) is 6.97. The molecular formula is C18H27NOS. The fourth-order valence-corrected chi connectivity index (χ4v) is 5.25. The zero-order chi connectivity index (χ0) is 14.8. The van der Waals surface area contributed by atoms with E-state index < -0.39 is 10.8 Å². The third kappa shape index (κ3) is 3.09. The lowest BCUT2D eigenvalue weighted by molar-refractivity contribution is 0.180. The molecule has 1 unspecified atom stereocenters. The molecule has 0 amide bonds. The van der Waals surface area contributed by atoms with E-state index in [0.29, 0.717) is 6.04 Å². The molecule has 1 aromatic carbocycles. The molecule has 0 bridgehead atoms. The summed E-state index contributed by atoms with van der Waals surface area (Å²) in [6, 6.07) is 5.32. The molecule has 0 spiro atoms. The number of hydrogen-bond acceptors (Lipinski definition) is 2. The second kappa shape index (κ2) is 6.62. The van der Waals surface area contributed by atoms with Crippen LogP contribution in [0, 0.1) is 0 Å². The van der Waals surface area contributed by atoms with Crippen LogP contribution >= 0.6 is 0 Å². The van der Waals surface area contributed by atoms with Gasteiger partial charge in [-0.05, 0) is 74.4 Å². The minimum atomic E-state index is -0.738. The fourth-order valence-electron chi connectivity index (χ4n) is 3.90. The maximum Gasteiger partial charge on any atom is 0.0535 e. The summed E-state index contributed by atoms with van der Waals surface area (Å²) in [7, 11) is -0.738. The van der Waals surface area contributed by atoms with Crippen molar-refractivity contribution in [1.29, 1.82) is 0 Å². The SMILES string of the molecule is CCCN(CCC)[C@H]1CCc2cc3c(cc2C1)S(=O)CC3. The maximum atomic E-state index is 12.1. The molecule has 21 heavy (non-hydrogen) atoms. The van der Waals surface area contributed by atoms with E-state index in [1.807, 2.05) is 0 Å². The van der Waals surface area contributed by atoms with Gasteiger partial charge in [0, 0.05) is 16.7 Å². The first-order valence-corrected chi connectivity index (χ1v) is 9.82. The van der Waals surface area contributed by atoms with Gasteiger partial charge in [-0.15, -0.1) is 0 Å². The van der Waals surface area contributed by atoms with Gasteiger partial charge < -0.3 is 4.90 Å². The predicted molar refractivity (Wildman–Crippen MR) is 89.4 cm³/mol. The second-order valence-electron chi connectivity index (χ2n) is 6.46. The summed E-state index contributed by atoms with van der Waals surface area (Å²) in [4.78, 5) is 3.81. The van der Waals surface area contributed by atoms with E-state index in [9.17, 15) is 4.21 Å². The molecule has 116 valence electrons. The molecule has 0 saturated carbocycles. The average molecular weight is 305 g/mol. The molecule has 0 aromatic heterocycles. The van der Waals surface area contributed by atoms with Crippen LogP contribution in [-0.4, -0.2) is 34.0 Å². The Balaban J connectivity index is 1.81. The van der Waals surface area contributed by atoms with Crippen molar-refractivity contribution in [2.75, 3.05) is 18.8 Å². The summed E-state index contributed by atoms with van der Waals surface area (Å²) in [5.41, 5.74) is 4.35. The van der Waals surface area contributed by atoms with Crippen molar-refractivity contribution in [3.05, 3.63) is 28.8 Å². The van der Waals surface area contributed by atoms with Gasteiger partial charge in [-0.3, -0.25) is 4.21 Å². The molecule has 1 aliphatic heterocycles. The topological polar surface area (TPSA) is 20.3 Å². The Kier molecular flexibility index (Phi) is 4.80. The maximum absolute atomic E-state index is 12.1. The molecule has 3 heteroatoms. The molecule has 1 aliphatic carbocycles. The molecule has 2 nitrogen and oxygen atoms in total. The van der Waals surface area contributed by atoms with Gasteiger partial charge in [-0.2, -0.15) is 0 Å². The first-order valence-electron chi connectivity index (χ1n) is 8.50. The van der Waals surface area contributed by atoms with Gasteiger partial charge in [0.2, 0.25) is 0 Å². The highest BCUT2D eigenvalue weighted by Gasteiger charge is 2.27. The first-order chi connectivity index (χ1) is 10.2. The van der Waals surface area contributed by atoms with E-state index in [0.717, 1.165) is 23.5 Å². The summed E-state index contributed by atoms with van der Waals surface area (Å²) in [6.07, 6.45) is 7.12. The van der Waals surface area contributed by atoms with Crippen molar-refractivity contribution in [3.8, 4) is 0 Å². The van der Waals surface area contributed by atoms with E-state index in [1.54, 1.807) is 0 Å². The van der Waals surface area contributed by atoms with Crippen LogP contribution < -0.4 is 0 Å². The predicted octanol–water partition coefficient (Wildman–Crippen LogP) is 3.33. The molecule has 3 rings (SSSR count). The molecule has 0 fully saturated rings. The van der Waals surface area contributed by atoms with E-state index in [2.05, 4.69) is 30.9 Å². The summed E-state index contributed by atoms with van der Waals surface area (Å²) < 4.78 is 12.1. The van der Waals surface area contributed by atoms with Crippen molar-refractivity contribution in [2.24, 2.45) is 0 Å². The van der Waals surface area contributed by atoms with Crippen LogP contribution in [0.1, 0.15) is 49.8 Å². The molecule has 0 N–H and O–H groups in total. The number of aryl methyl sites for hydroxylation is 2. The molecule has 1 aromatic rings. The Hall–Kier alpha value is -0.670. The average Bonchev–Trinajstić information content (AvgIpc) is 2.85. The Morgan fingerprint density at radius 2 is 1.86 bits per heavy atom. The van der Waals surface area contributed by atoms with Gasteiger partial charge in [0.15, 0.2) is 0 Å². The highest BCUT2D eigenvalue weighted by atomic mass is 32.2. The van der Waals surface area contributed by atoms with E-state index in [4.69, 9.17) is 0 Å². The van der Waals surface area contributed by atoms with Crippen LogP contribution in [0.5, 0.6) is 0 Å². The Morgan fingerprint density at radius 1 is 1.10 bits per heavy atom. The summed E-state index contributed by atoms with van der Waals surface area (Å²) in [5.74, 6) is 0.833. The van der Waals surface area contributed by atoms with Gasteiger partial charge in [0.1, 0.15) is 0 Å². The van der Waals surface area contributed by atoms with Crippen LogP contribution in [-0.2, 0) is 30.1 Å². The summed E-state index contributed by atoms with van der Waals surface area (Å²) >= 11 is 0. The lowest BCUT2D eigenvalue weighted by atomic mass is 9.86. The lowest BCUT2D eigenvalue weighted by Crippen LogP contribution is -2.40. The van der Waals surface area contributed by atoms with Gasteiger partial charge >= 0.3 is 0 Å². The minimum Gasteiger partial charge on any atom is -0.300 e. The first kappa shape index (κ1) is 15.2. The molecule has 1 heterocycles. The monoisotopic (exact) mass is 305 g/mol. The third-order valence-corrected chi connectivity index (χ3v) is 6.37. The van der Waals surface area contributed by atoms with Gasteiger partial charge in [0.25, 0.3) is 0 Å². The minimum absolute atomic E-state index is 0.685. The van der Waals surface area contributed by atoms with Crippen LogP contribution in [0.15, 0.2) is 17.0 Å². The molecular weight excluding hydrogens is 278 g/mol. The zero-order valence-electron chi connectivity index (χ0n) is 13.4. The highest BCUT2D eigenvalue weighted by Crippen LogP contribution is 2.32. The largest absolute Gasteiger partial charge is 0.300 e. The van der Waals surface area contributed by atoms with Gasteiger partial charge in [0.05, 0.1) is 10.8 Å². The molecule has 0 radical (unpaired) electrons. The normalized spacial score (nSPS) is 24.1. The third-order valence-electron chi connectivity index (χ3n) is 4.93. The van der Waals surface area contributed by atoms with E-state index >= 15 is 0 Å². The number of rotatable bonds is 5. The zero-order valence-corrected chi connectivity index (χ0v) is 14.2. The van der Waals surface area contributed by atoms with Crippen LogP contribution in [0.4, 0.5) is 0 Å². The van der Waals surface area contributed by atoms with Crippen LogP contribution in [0.3, 0.4) is 0 Å². The molecule has 0 saturated heterocycles. The summed E-state index contributed by atoms with van der Waals surface area (Å²) in [5, 5.41) is 0. The molecule has 2 aliphatic rings. The van der Waals surface area contributed by atoms with E-state index in [1.165, 1.54) is 55.5 Å². The number of hydrogen-bond donors (Lipinski definition) is 0. The van der Waals surface area contributed by atoms with Crippen molar-refractivity contribution in [1.82, 2.24) is 4.90 Å².